The van der Waals surface area contributed by atoms with E-state index in [1.165, 1.54) is 30.3 Å². The van der Waals surface area contributed by atoms with Crippen molar-refractivity contribution in [1.29, 1.82) is 0 Å². The van der Waals surface area contributed by atoms with Gasteiger partial charge in [0.15, 0.2) is 15.0 Å². The highest BCUT2D eigenvalue weighted by Crippen LogP contribution is 2.35. The predicted octanol–water partition coefficient (Wildman–Crippen LogP) is 5.11. The Morgan fingerprint density at radius 2 is 1.74 bits per heavy atom. The lowest BCUT2D eigenvalue weighted by atomic mass is 10.1. The number of halogens is 3. The van der Waals surface area contributed by atoms with Crippen molar-refractivity contribution >= 4 is 33.2 Å². The van der Waals surface area contributed by atoms with Gasteiger partial charge in [-0.05, 0) is 44.5 Å². The summed E-state index contributed by atoms with van der Waals surface area (Å²) in [7, 11) is -3.68. The molecule has 3 rings (SSSR count). The Morgan fingerprint density at radius 3 is 2.34 bits per heavy atom. The smallest absolute Gasteiger partial charge is 0.325 e. The zero-order valence-electron chi connectivity index (χ0n) is 19.3. The Morgan fingerprint density at radius 1 is 1.09 bits per heavy atom. The lowest BCUT2D eigenvalue weighted by Crippen LogP contribution is -2.26. The number of carbonyl (C=O) groups is 1. The van der Waals surface area contributed by atoms with Crippen molar-refractivity contribution in [3.63, 3.8) is 0 Å². The van der Waals surface area contributed by atoms with E-state index >= 15 is 0 Å². The number of aryl methyl sites for hydroxylation is 1. The highest BCUT2D eigenvalue weighted by molar-refractivity contribution is 8.00. The van der Waals surface area contributed by atoms with Gasteiger partial charge in [0.2, 0.25) is 5.91 Å². The van der Waals surface area contributed by atoms with Crippen molar-refractivity contribution in [3.05, 3.63) is 65.5 Å². The van der Waals surface area contributed by atoms with Crippen molar-refractivity contribution in [2.45, 2.75) is 61.0 Å². The molecule has 0 fully saturated rings. The highest BCUT2D eigenvalue weighted by Gasteiger charge is 2.34. The van der Waals surface area contributed by atoms with E-state index in [1.54, 1.807) is 30.5 Å². The molecule has 0 saturated carbocycles. The molecule has 0 aliphatic rings. The lowest BCUT2D eigenvalue weighted by Gasteiger charge is -2.17. The second-order valence-electron chi connectivity index (χ2n) is 7.76. The van der Waals surface area contributed by atoms with Crippen LogP contribution in [0.5, 0.6) is 0 Å². The predicted molar refractivity (Wildman–Crippen MR) is 128 cm³/mol. The molecule has 35 heavy (non-hydrogen) atoms. The monoisotopic (exact) mass is 526 g/mol. The first-order valence-corrected chi connectivity index (χ1v) is 13.3. The minimum absolute atomic E-state index is 0.164. The van der Waals surface area contributed by atoms with Crippen molar-refractivity contribution in [2.75, 3.05) is 5.32 Å². The summed E-state index contributed by atoms with van der Waals surface area (Å²) in [5.74, 6) is -0.777. The number of hydrogen-bond donors (Lipinski definition) is 1. The quantitative estimate of drug-likeness (QED) is 0.390. The summed E-state index contributed by atoms with van der Waals surface area (Å²) in [6.45, 7) is 5.72. The minimum atomic E-state index is -4.61. The number of para-hydroxylation sites is 1. The van der Waals surface area contributed by atoms with Crippen molar-refractivity contribution in [3.8, 4) is 0 Å². The average molecular weight is 527 g/mol. The summed E-state index contributed by atoms with van der Waals surface area (Å²) < 4.78 is 67.1. The van der Waals surface area contributed by atoms with E-state index in [1.807, 2.05) is 6.92 Å². The van der Waals surface area contributed by atoms with Gasteiger partial charge in [-0.2, -0.15) is 13.2 Å². The van der Waals surface area contributed by atoms with Crippen LogP contribution in [0.2, 0.25) is 0 Å². The topological polar surface area (TPSA) is 93.9 Å². The summed E-state index contributed by atoms with van der Waals surface area (Å²) in [4.78, 5) is 13.0. The van der Waals surface area contributed by atoms with E-state index < -0.39 is 32.7 Å². The molecule has 1 N–H and O–H groups in total. The second kappa shape index (κ2) is 10.8. The van der Waals surface area contributed by atoms with Crippen LogP contribution in [-0.2, 0) is 33.1 Å². The van der Waals surface area contributed by atoms with Gasteiger partial charge < -0.3 is 9.88 Å². The standard InChI is InChI=1S/C23H25F3N4O3S2/c1-4-19(21(31)27-18-9-7-6-8-17(18)23(24,25)26)34-22-29-28-20(30(22)5-2)14-35(32,33)16-12-10-15(3)11-13-16/h6-13,19H,4-5,14H2,1-3H3,(H,27,31). The third-order valence-corrected chi connectivity index (χ3v) is 8.18. The molecule has 12 heteroatoms. The van der Waals surface area contributed by atoms with Crippen molar-refractivity contribution in [2.24, 2.45) is 0 Å². The third-order valence-electron chi connectivity index (χ3n) is 5.21. The number of hydrogen-bond acceptors (Lipinski definition) is 6. The summed E-state index contributed by atoms with van der Waals surface area (Å²) in [5.41, 5.74) is -0.333. The summed E-state index contributed by atoms with van der Waals surface area (Å²) in [6, 6.07) is 11.2. The molecule has 1 aromatic heterocycles. The summed E-state index contributed by atoms with van der Waals surface area (Å²) in [5, 5.41) is 9.99. The molecule has 1 heterocycles. The maximum atomic E-state index is 13.3. The molecule has 1 atom stereocenters. The van der Waals surface area contributed by atoms with Crippen molar-refractivity contribution in [1.82, 2.24) is 14.8 Å². The van der Waals surface area contributed by atoms with Crippen LogP contribution in [0.3, 0.4) is 0 Å². The molecule has 0 spiro atoms. The highest BCUT2D eigenvalue weighted by atomic mass is 32.2. The van der Waals surface area contributed by atoms with Gasteiger partial charge in [-0.1, -0.05) is 48.5 Å². The zero-order chi connectivity index (χ0) is 25.8. The van der Waals surface area contributed by atoms with Crippen LogP contribution in [0.4, 0.5) is 18.9 Å². The number of sulfone groups is 1. The molecular formula is C23H25F3N4O3S2. The van der Waals surface area contributed by atoms with Crippen LogP contribution >= 0.6 is 11.8 Å². The van der Waals surface area contributed by atoms with Crippen LogP contribution < -0.4 is 5.32 Å². The maximum Gasteiger partial charge on any atom is 0.418 e. The van der Waals surface area contributed by atoms with Crippen molar-refractivity contribution < 1.29 is 26.4 Å². The first-order valence-electron chi connectivity index (χ1n) is 10.8. The van der Waals surface area contributed by atoms with Gasteiger partial charge in [0.05, 0.1) is 21.4 Å². The Kier molecular flexibility index (Phi) is 8.26. The molecular weight excluding hydrogens is 501 g/mol. The van der Waals surface area contributed by atoms with Gasteiger partial charge in [-0.15, -0.1) is 10.2 Å². The fourth-order valence-corrected chi connectivity index (χ4v) is 5.64. The number of nitrogens with one attached hydrogen (secondary N) is 1. The van der Waals surface area contributed by atoms with E-state index in [0.29, 0.717) is 18.1 Å². The van der Waals surface area contributed by atoms with E-state index in [-0.39, 0.29) is 22.2 Å². The molecule has 1 unspecified atom stereocenters. The van der Waals surface area contributed by atoms with Crippen LogP contribution in [0.25, 0.3) is 0 Å². The van der Waals surface area contributed by atoms with Gasteiger partial charge in [0.1, 0.15) is 11.6 Å². The molecule has 7 nitrogen and oxygen atoms in total. The molecule has 188 valence electrons. The number of anilines is 1. The largest absolute Gasteiger partial charge is 0.418 e. The first kappa shape index (κ1) is 26.7. The summed E-state index contributed by atoms with van der Waals surface area (Å²) >= 11 is 1.03. The summed E-state index contributed by atoms with van der Waals surface area (Å²) in [6.07, 6.45) is -4.31. The molecule has 0 radical (unpaired) electrons. The molecule has 0 saturated heterocycles. The normalized spacial score (nSPS) is 13.0. The number of amides is 1. The number of alkyl halides is 3. The average Bonchev–Trinajstić information content (AvgIpc) is 3.17. The number of benzene rings is 2. The van der Waals surface area contributed by atoms with E-state index in [2.05, 4.69) is 15.5 Å². The van der Waals surface area contributed by atoms with Crippen LogP contribution in [0, 0.1) is 6.92 Å². The number of rotatable bonds is 9. The van der Waals surface area contributed by atoms with Gasteiger partial charge in [0.25, 0.3) is 0 Å². The lowest BCUT2D eigenvalue weighted by molar-refractivity contribution is -0.137. The Hall–Kier alpha value is -2.86. The fraction of sp³-hybridized carbons (Fsp3) is 0.348. The first-order chi connectivity index (χ1) is 16.5. The number of thioether (sulfide) groups is 1. The number of aromatic nitrogens is 3. The van der Waals surface area contributed by atoms with Gasteiger partial charge in [0, 0.05) is 6.54 Å². The molecule has 2 aromatic carbocycles. The van der Waals surface area contributed by atoms with Crippen LogP contribution in [0.15, 0.2) is 58.6 Å². The van der Waals surface area contributed by atoms with Gasteiger partial charge in [-0.25, -0.2) is 8.42 Å². The van der Waals surface area contributed by atoms with Gasteiger partial charge >= 0.3 is 6.18 Å². The molecule has 0 aliphatic heterocycles. The number of nitrogens with zero attached hydrogens (tertiary/aromatic N) is 3. The van der Waals surface area contributed by atoms with E-state index in [9.17, 15) is 26.4 Å². The molecule has 1 amide bonds. The Labute approximate surface area is 206 Å². The van der Waals surface area contributed by atoms with E-state index in [4.69, 9.17) is 0 Å². The van der Waals surface area contributed by atoms with Crippen LogP contribution in [-0.4, -0.2) is 34.3 Å². The Bertz CT molecular complexity index is 1290. The third kappa shape index (κ3) is 6.43. The molecule has 0 bridgehead atoms. The van der Waals surface area contributed by atoms with E-state index in [0.717, 1.165) is 23.4 Å². The second-order valence-corrected chi connectivity index (χ2v) is 10.9. The van der Waals surface area contributed by atoms with Crippen LogP contribution in [0.1, 0.15) is 37.2 Å². The fourth-order valence-electron chi connectivity index (χ4n) is 3.33. The molecule has 3 aromatic rings. The molecule has 0 aliphatic carbocycles. The Balaban J connectivity index is 1.80. The SMILES string of the molecule is CCC(Sc1nnc(CS(=O)(=O)c2ccc(C)cc2)n1CC)C(=O)Nc1ccccc1C(F)(F)F. The zero-order valence-corrected chi connectivity index (χ0v) is 21.0. The maximum absolute atomic E-state index is 13.3. The minimum Gasteiger partial charge on any atom is -0.325 e. The van der Waals surface area contributed by atoms with Gasteiger partial charge in [-0.3, -0.25) is 4.79 Å². The number of carbonyl (C=O) groups excluding carboxylic acids is 1.